The van der Waals surface area contributed by atoms with Gasteiger partial charge in [0.1, 0.15) is 6.04 Å². The molecule has 0 aromatic heterocycles. The van der Waals surface area contributed by atoms with Crippen molar-refractivity contribution in [2.24, 2.45) is 0 Å². The lowest BCUT2D eigenvalue weighted by Gasteiger charge is -2.28. The van der Waals surface area contributed by atoms with Crippen molar-refractivity contribution in [1.82, 2.24) is 4.90 Å². The zero-order valence-corrected chi connectivity index (χ0v) is 16.9. The molecule has 1 atom stereocenters. The first-order chi connectivity index (χ1) is 13.0. The maximum atomic E-state index is 13.3. The summed E-state index contributed by atoms with van der Waals surface area (Å²) in [6.45, 7) is 2.10. The summed E-state index contributed by atoms with van der Waals surface area (Å²) in [7, 11) is 0. The predicted molar refractivity (Wildman–Crippen MR) is 109 cm³/mol. The van der Waals surface area contributed by atoms with Gasteiger partial charge in [-0.15, -0.1) is 0 Å². The minimum absolute atomic E-state index is 0.0233. The molecular weight excluding hydrogens is 459 g/mol. The number of rotatable bonds is 5. The Bertz CT molecular complexity index is 870. The smallest absolute Gasteiger partial charge is 0.307 e. The number of fused-ring (bicyclic) bond motifs is 1. The molecule has 3 rings (SSSR count). The Labute approximate surface area is 171 Å². The van der Waals surface area contributed by atoms with Gasteiger partial charge in [-0.05, 0) is 53.3 Å². The van der Waals surface area contributed by atoms with E-state index in [0.29, 0.717) is 16.8 Å². The molecule has 0 saturated heterocycles. The summed E-state index contributed by atoms with van der Waals surface area (Å²) in [6, 6.07) is 13.6. The zero-order valence-electron chi connectivity index (χ0n) is 14.8. The molecule has 0 bridgehead atoms. The molecule has 0 unspecified atom stereocenters. The van der Waals surface area contributed by atoms with E-state index in [-0.39, 0.29) is 31.4 Å². The van der Waals surface area contributed by atoms with Crippen LogP contribution in [0.25, 0.3) is 0 Å². The standard InChI is InChI=1S/C20H19IN2O4/c1-2-27-17(24)10-11-23-18(13-6-4-3-5-7-13)19(25)22-16-9-8-14(21)12-15(16)20(23)26/h3-9,12,18H,2,10-11H2,1H3,(H,22,25)/t18-/m1/s1. The van der Waals surface area contributed by atoms with Gasteiger partial charge in [-0.1, -0.05) is 30.3 Å². The Morgan fingerprint density at radius 2 is 1.93 bits per heavy atom. The topological polar surface area (TPSA) is 75.7 Å². The number of hydrogen-bond acceptors (Lipinski definition) is 4. The van der Waals surface area contributed by atoms with E-state index in [2.05, 4.69) is 27.9 Å². The summed E-state index contributed by atoms with van der Waals surface area (Å²) in [4.78, 5) is 39.5. The van der Waals surface area contributed by atoms with Crippen molar-refractivity contribution < 1.29 is 19.1 Å². The van der Waals surface area contributed by atoms with Gasteiger partial charge in [-0.2, -0.15) is 0 Å². The predicted octanol–water partition coefficient (Wildman–Crippen LogP) is 3.38. The Balaban J connectivity index is 2.01. The number of amides is 2. The van der Waals surface area contributed by atoms with Crippen LogP contribution in [-0.2, 0) is 14.3 Å². The van der Waals surface area contributed by atoms with Crippen molar-refractivity contribution in [3.63, 3.8) is 0 Å². The summed E-state index contributed by atoms with van der Waals surface area (Å²) in [5, 5.41) is 2.85. The van der Waals surface area contributed by atoms with E-state index in [1.807, 2.05) is 24.3 Å². The largest absolute Gasteiger partial charge is 0.466 e. The molecule has 1 heterocycles. The first kappa shape index (κ1) is 19.3. The molecule has 1 N–H and O–H groups in total. The molecule has 0 spiro atoms. The number of carbonyl (C=O) groups excluding carboxylic acids is 3. The monoisotopic (exact) mass is 478 g/mol. The van der Waals surface area contributed by atoms with Gasteiger partial charge in [-0.3, -0.25) is 14.4 Å². The van der Waals surface area contributed by atoms with Gasteiger partial charge in [0.15, 0.2) is 0 Å². The summed E-state index contributed by atoms with van der Waals surface area (Å²) < 4.78 is 5.86. The Hall–Kier alpha value is -2.42. The van der Waals surface area contributed by atoms with E-state index in [9.17, 15) is 14.4 Å². The third kappa shape index (κ3) is 4.29. The van der Waals surface area contributed by atoms with Crippen LogP contribution in [-0.4, -0.2) is 35.8 Å². The number of nitrogens with zero attached hydrogens (tertiary/aromatic N) is 1. The Kier molecular flexibility index (Phi) is 6.10. The summed E-state index contributed by atoms with van der Waals surface area (Å²) in [5.74, 6) is -0.997. The number of carbonyl (C=O) groups is 3. The highest BCUT2D eigenvalue weighted by molar-refractivity contribution is 14.1. The first-order valence-corrected chi connectivity index (χ1v) is 9.71. The fourth-order valence-corrected chi connectivity index (χ4v) is 3.55. The number of halogens is 1. The lowest BCUT2D eigenvalue weighted by Crippen LogP contribution is -2.40. The Morgan fingerprint density at radius 3 is 2.63 bits per heavy atom. The van der Waals surface area contributed by atoms with Gasteiger partial charge in [0.25, 0.3) is 11.8 Å². The second kappa shape index (κ2) is 8.51. The third-order valence-electron chi connectivity index (χ3n) is 4.27. The lowest BCUT2D eigenvalue weighted by molar-refractivity contribution is -0.143. The minimum Gasteiger partial charge on any atom is -0.466 e. The van der Waals surface area contributed by atoms with Gasteiger partial charge < -0.3 is 15.0 Å². The Morgan fingerprint density at radius 1 is 1.19 bits per heavy atom. The molecule has 2 amide bonds. The molecule has 140 valence electrons. The van der Waals surface area contributed by atoms with Crippen molar-refractivity contribution in [1.29, 1.82) is 0 Å². The van der Waals surface area contributed by atoms with Crippen LogP contribution < -0.4 is 5.32 Å². The first-order valence-electron chi connectivity index (χ1n) is 8.63. The molecule has 0 fully saturated rings. The highest BCUT2D eigenvalue weighted by Gasteiger charge is 2.36. The van der Waals surface area contributed by atoms with Gasteiger partial charge in [0.2, 0.25) is 0 Å². The molecule has 6 nitrogen and oxygen atoms in total. The highest BCUT2D eigenvalue weighted by Crippen LogP contribution is 2.31. The van der Waals surface area contributed by atoms with E-state index in [1.165, 1.54) is 4.90 Å². The molecule has 0 saturated carbocycles. The highest BCUT2D eigenvalue weighted by atomic mass is 127. The molecular formula is C20H19IN2O4. The second-order valence-electron chi connectivity index (χ2n) is 6.05. The van der Waals surface area contributed by atoms with Crippen molar-refractivity contribution >= 4 is 46.1 Å². The summed E-state index contributed by atoms with van der Waals surface area (Å²) in [5.41, 5.74) is 1.58. The van der Waals surface area contributed by atoms with E-state index < -0.39 is 12.0 Å². The molecule has 1 aliphatic rings. The quantitative estimate of drug-likeness (QED) is 0.529. The van der Waals surface area contributed by atoms with Crippen molar-refractivity contribution in [2.75, 3.05) is 18.5 Å². The average molecular weight is 478 g/mol. The van der Waals surface area contributed by atoms with E-state index in [4.69, 9.17) is 4.74 Å². The van der Waals surface area contributed by atoms with Gasteiger partial charge in [0, 0.05) is 10.1 Å². The molecule has 2 aromatic rings. The van der Waals surface area contributed by atoms with Gasteiger partial charge >= 0.3 is 5.97 Å². The van der Waals surface area contributed by atoms with Crippen LogP contribution in [0.3, 0.4) is 0 Å². The van der Waals surface area contributed by atoms with Crippen LogP contribution in [0, 0.1) is 3.57 Å². The molecule has 1 aliphatic heterocycles. The third-order valence-corrected chi connectivity index (χ3v) is 4.94. The number of benzene rings is 2. The minimum atomic E-state index is -0.821. The van der Waals surface area contributed by atoms with Crippen molar-refractivity contribution in [3.8, 4) is 0 Å². The number of ether oxygens (including phenoxy) is 1. The lowest BCUT2D eigenvalue weighted by atomic mass is 10.0. The van der Waals surface area contributed by atoms with Crippen molar-refractivity contribution in [2.45, 2.75) is 19.4 Å². The molecule has 2 aromatic carbocycles. The van der Waals surface area contributed by atoms with Crippen LogP contribution in [0.2, 0.25) is 0 Å². The van der Waals surface area contributed by atoms with Crippen LogP contribution in [0.4, 0.5) is 5.69 Å². The molecule has 27 heavy (non-hydrogen) atoms. The maximum Gasteiger partial charge on any atom is 0.307 e. The van der Waals surface area contributed by atoms with Crippen molar-refractivity contribution in [3.05, 3.63) is 63.2 Å². The average Bonchev–Trinajstić information content (AvgIpc) is 2.76. The maximum absolute atomic E-state index is 13.3. The normalized spacial score (nSPS) is 16.4. The fraction of sp³-hybridized carbons (Fsp3) is 0.250. The number of anilines is 1. The SMILES string of the molecule is CCOC(=O)CCN1C(=O)c2cc(I)ccc2NC(=O)[C@H]1c1ccccc1. The molecule has 7 heteroatoms. The van der Waals surface area contributed by atoms with Gasteiger partial charge in [-0.25, -0.2) is 0 Å². The van der Waals surface area contributed by atoms with E-state index in [0.717, 1.165) is 3.57 Å². The van der Waals surface area contributed by atoms with Crippen LogP contribution in [0.15, 0.2) is 48.5 Å². The van der Waals surface area contributed by atoms with E-state index in [1.54, 1.807) is 31.2 Å². The van der Waals surface area contributed by atoms with Crippen LogP contribution in [0.1, 0.15) is 35.3 Å². The number of hydrogen-bond donors (Lipinski definition) is 1. The zero-order chi connectivity index (χ0) is 19.4. The van der Waals surface area contributed by atoms with E-state index >= 15 is 0 Å². The molecule has 0 radical (unpaired) electrons. The summed E-state index contributed by atoms with van der Waals surface area (Å²) >= 11 is 2.12. The molecule has 0 aliphatic carbocycles. The summed E-state index contributed by atoms with van der Waals surface area (Å²) in [6.07, 6.45) is 0.0233. The fourth-order valence-electron chi connectivity index (χ4n) is 3.06. The second-order valence-corrected chi connectivity index (χ2v) is 7.29. The number of esters is 1. The van der Waals surface area contributed by atoms with Crippen LogP contribution >= 0.6 is 22.6 Å². The van der Waals surface area contributed by atoms with Gasteiger partial charge in [0.05, 0.1) is 24.3 Å². The number of nitrogens with one attached hydrogen (secondary N) is 1. The van der Waals surface area contributed by atoms with Crippen LogP contribution in [0.5, 0.6) is 0 Å².